The lowest BCUT2D eigenvalue weighted by molar-refractivity contribution is 0.0840. The van der Waals surface area contributed by atoms with Gasteiger partial charge in [0.1, 0.15) is 17.1 Å². The van der Waals surface area contributed by atoms with Crippen molar-refractivity contribution in [1.29, 1.82) is 0 Å². The number of benzene rings is 2. The van der Waals surface area contributed by atoms with Gasteiger partial charge in [-0.3, -0.25) is 0 Å². The fourth-order valence-corrected chi connectivity index (χ4v) is 2.60. The highest BCUT2D eigenvalue weighted by Gasteiger charge is 2.30. The first-order chi connectivity index (χ1) is 12.1. The molecule has 0 bridgehead atoms. The zero-order chi connectivity index (χ0) is 18.1. The molecule has 2 rings (SSSR count). The standard InChI is InChI=1S/C22H24O3/c1-4-5-6-7-8-17-22(23,18-9-13-20(24-2)14-10-18)19-11-15-21(25-3)16-12-19/h4-16,23H,1,17H2,2-3H3/b6-5-,8-7-. The molecule has 0 aromatic heterocycles. The Labute approximate surface area is 149 Å². The maximum Gasteiger partial charge on any atom is 0.118 e. The Morgan fingerprint density at radius 3 is 1.72 bits per heavy atom. The number of ether oxygens (including phenoxy) is 2. The van der Waals surface area contributed by atoms with Crippen molar-refractivity contribution >= 4 is 0 Å². The summed E-state index contributed by atoms with van der Waals surface area (Å²) in [5, 5.41) is 11.5. The van der Waals surface area contributed by atoms with E-state index in [1.165, 1.54) is 0 Å². The molecule has 0 saturated carbocycles. The van der Waals surface area contributed by atoms with Crippen molar-refractivity contribution in [3.05, 3.63) is 96.6 Å². The van der Waals surface area contributed by atoms with Crippen LogP contribution < -0.4 is 9.47 Å². The van der Waals surface area contributed by atoms with Crippen molar-refractivity contribution < 1.29 is 14.6 Å². The quantitative estimate of drug-likeness (QED) is 0.714. The van der Waals surface area contributed by atoms with E-state index in [4.69, 9.17) is 9.47 Å². The Bertz CT molecular complexity index is 677. The van der Waals surface area contributed by atoms with Crippen LogP contribution in [0, 0.1) is 0 Å². The molecule has 0 unspecified atom stereocenters. The van der Waals surface area contributed by atoms with E-state index in [9.17, 15) is 5.11 Å². The lowest BCUT2D eigenvalue weighted by Crippen LogP contribution is -2.26. The van der Waals surface area contributed by atoms with Crippen molar-refractivity contribution in [2.45, 2.75) is 12.0 Å². The Morgan fingerprint density at radius 2 is 1.32 bits per heavy atom. The maximum atomic E-state index is 11.5. The number of allylic oxidation sites excluding steroid dienone is 4. The molecule has 0 atom stereocenters. The molecule has 130 valence electrons. The molecular weight excluding hydrogens is 312 g/mol. The van der Waals surface area contributed by atoms with Gasteiger partial charge in [0.15, 0.2) is 0 Å². The fourth-order valence-electron chi connectivity index (χ4n) is 2.60. The van der Waals surface area contributed by atoms with E-state index in [2.05, 4.69) is 6.58 Å². The third-order valence-corrected chi connectivity index (χ3v) is 4.04. The first-order valence-electron chi connectivity index (χ1n) is 8.09. The van der Waals surface area contributed by atoms with Crippen molar-refractivity contribution in [2.24, 2.45) is 0 Å². The monoisotopic (exact) mass is 336 g/mol. The van der Waals surface area contributed by atoms with Crippen molar-refractivity contribution in [3.8, 4) is 11.5 Å². The predicted molar refractivity (Wildman–Crippen MR) is 102 cm³/mol. The van der Waals surface area contributed by atoms with Gasteiger partial charge in [-0.05, 0) is 35.4 Å². The molecule has 2 aromatic rings. The molecule has 0 aliphatic heterocycles. The molecule has 0 amide bonds. The summed E-state index contributed by atoms with van der Waals surface area (Å²) < 4.78 is 10.4. The lowest BCUT2D eigenvalue weighted by Gasteiger charge is -2.28. The van der Waals surface area contributed by atoms with E-state index < -0.39 is 5.60 Å². The Hall–Kier alpha value is -2.78. The highest BCUT2D eigenvalue weighted by Crippen LogP contribution is 2.35. The van der Waals surface area contributed by atoms with E-state index in [1.807, 2.05) is 72.8 Å². The predicted octanol–water partition coefficient (Wildman–Crippen LogP) is 4.63. The van der Waals surface area contributed by atoms with Crippen LogP contribution in [-0.4, -0.2) is 19.3 Å². The molecule has 25 heavy (non-hydrogen) atoms. The van der Waals surface area contributed by atoms with Crippen LogP contribution in [0.5, 0.6) is 11.5 Å². The smallest absolute Gasteiger partial charge is 0.118 e. The molecule has 0 aliphatic carbocycles. The third-order valence-electron chi connectivity index (χ3n) is 4.04. The average molecular weight is 336 g/mol. The zero-order valence-corrected chi connectivity index (χ0v) is 14.7. The normalized spacial score (nSPS) is 11.8. The summed E-state index contributed by atoms with van der Waals surface area (Å²) in [6.07, 6.45) is 9.72. The summed E-state index contributed by atoms with van der Waals surface area (Å²) in [5.74, 6) is 1.51. The second-order valence-electron chi connectivity index (χ2n) is 5.57. The zero-order valence-electron chi connectivity index (χ0n) is 14.7. The van der Waals surface area contributed by atoms with Gasteiger partial charge in [-0.2, -0.15) is 0 Å². The molecule has 0 heterocycles. The van der Waals surface area contributed by atoms with Gasteiger partial charge in [0.2, 0.25) is 0 Å². The summed E-state index contributed by atoms with van der Waals surface area (Å²) in [7, 11) is 3.25. The van der Waals surface area contributed by atoms with Crippen molar-refractivity contribution in [1.82, 2.24) is 0 Å². The van der Waals surface area contributed by atoms with Gasteiger partial charge in [-0.25, -0.2) is 0 Å². The SMILES string of the molecule is C=C/C=C\C=C/CC(O)(c1ccc(OC)cc1)c1ccc(OC)cc1. The van der Waals surface area contributed by atoms with E-state index in [1.54, 1.807) is 20.3 Å². The van der Waals surface area contributed by atoms with Gasteiger partial charge >= 0.3 is 0 Å². The van der Waals surface area contributed by atoms with Crippen LogP contribution in [0.4, 0.5) is 0 Å². The summed E-state index contributed by atoms with van der Waals surface area (Å²) in [4.78, 5) is 0. The maximum absolute atomic E-state index is 11.5. The molecule has 0 radical (unpaired) electrons. The summed E-state index contributed by atoms with van der Waals surface area (Å²) in [6, 6.07) is 15.0. The molecular formula is C22H24O3. The van der Waals surface area contributed by atoms with Crippen LogP contribution in [0.1, 0.15) is 17.5 Å². The molecule has 3 nitrogen and oxygen atoms in total. The second-order valence-corrected chi connectivity index (χ2v) is 5.57. The Balaban J connectivity index is 2.39. The number of rotatable bonds is 8. The van der Waals surface area contributed by atoms with E-state index in [-0.39, 0.29) is 0 Å². The number of hydrogen-bond acceptors (Lipinski definition) is 3. The molecule has 0 fully saturated rings. The van der Waals surface area contributed by atoms with Gasteiger partial charge in [0.05, 0.1) is 14.2 Å². The van der Waals surface area contributed by atoms with E-state index >= 15 is 0 Å². The van der Waals surface area contributed by atoms with Crippen LogP contribution in [0.25, 0.3) is 0 Å². The molecule has 0 spiro atoms. The topological polar surface area (TPSA) is 38.7 Å². The minimum absolute atomic E-state index is 0.438. The molecule has 3 heteroatoms. The van der Waals surface area contributed by atoms with Gasteiger partial charge < -0.3 is 14.6 Å². The minimum Gasteiger partial charge on any atom is -0.497 e. The number of hydrogen-bond donors (Lipinski definition) is 1. The Kier molecular flexibility index (Phi) is 6.61. The van der Waals surface area contributed by atoms with Gasteiger partial charge in [0, 0.05) is 6.42 Å². The molecule has 1 N–H and O–H groups in total. The molecule has 0 saturated heterocycles. The van der Waals surface area contributed by atoms with Crippen LogP contribution in [0.15, 0.2) is 85.5 Å². The highest BCUT2D eigenvalue weighted by molar-refractivity contribution is 5.41. The molecule has 0 aliphatic rings. The van der Waals surface area contributed by atoms with Crippen LogP contribution >= 0.6 is 0 Å². The highest BCUT2D eigenvalue weighted by atomic mass is 16.5. The van der Waals surface area contributed by atoms with Crippen LogP contribution in [0.3, 0.4) is 0 Å². The van der Waals surface area contributed by atoms with Crippen molar-refractivity contribution in [3.63, 3.8) is 0 Å². The Morgan fingerprint density at radius 1 is 0.840 bits per heavy atom. The first kappa shape index (κ1) is 18.6. The number of aliphatic hydroxyl groups is 1. The third kappa shape index (κ3) is 4.61. The summed E-state index contributed by atoms with van der Waals surface area (Å²) in [5.41, 5.74) is 0.462. The van der Waals surface area contributed by atoms with Crippen molar-refractivity contribution in [2.75, 3.05) is 14.2 Å². The number of methoxy groups -OCH3 is 2. The van der Waals surface area contributed by atoms with Crippen LogP contribution in [-0.2, 0) is 5.60 Å². The van der Waals surface area contributed by atoms with E-state index in [0.29, 0.717) is 6.42 Å². The minimum atomic E-state index is -1.14. The van der Waals surface area contributed by atoms with Crippen LogP contribution in [0.2, 0.25) is 0 Å². The molecule has 2 aromatic carbocycles. The van der Waals surface area contributed by atoms with Gasteiger partial charge in [-0.1, -0.05) is 61.2 Å². The lowest BCUT2D eigenvalue weighted by atomic mass is 9.83. The first-order valence-corrected chi connectivity index (χ1v) is 8.09. The largest absolute Gasteiger partial charge is 0.497 e. The fraction of sp³-hybridized carbons (Fsp3) is 0.182. The van der Waals surface area contributed by atoms with Gasteiger partial charge in [0.25, 0.3) is 0 Å². The second kappa shape index (κ2) is 8.90. The summed E-state index contributed by atoms with van der Waals surface area (Å²) >= 11 is 0. The average Bonchev–Trinajstić information content (AvgIpc) is 2.67. The summed E-state index contributed by atoms with van der Waals surface area (Å²) in [6.45, 7) is 3.64. The van der Waals surface area contributed by atoms with E-state index in [0.717, 1.165) is 22.6 Å². The van der Waals surface area contributed by atoms with Gasteiger partial charge in [-0.15, -0.1) is 0 Å².